The standard InChI is InChI=1S/C12H16N2O3/c1-2-10(12(16)17)14-11(15)4-3-9-5-7-13-8-6-9/h5-8,10H,2-4H2,1H3,(H,14,15)(H,16,17)/t10-/m0/s1. The van der Waals surface area contributed by atoms with Crippen LogP contribution < -0.4 is 5.32 Å². The van der Waals surface area contributed by atoms with Gasteiger partial charge in [0.25, 0.3) is 0 Å². The lowest BCUT2D eigenvalue weighted by Gasteiger charge is -2.11. The summed E-state index contributed by atoms with van der Waals surface area (Å²) in [5.41, 5.74) is 1.01. The van der Waals surface area contributed by atoms with E-state index in [4.69, 9.17) is 5.11 Å². The molecule has 2 N–H and O–H groups in total. The van der Waals surface area contributed by atoms with Crippen molar-refractivity contribution in [3.63, 3.8) is 0 Å². The first kappa shape index (κ1) is 13.2. The van der Waals surface area contributed by atoms with Crippen molar-refractivity contribution in [3.8, 4) is 0 Å². The quantitative estimate of drug-likeness (QED) is 0.772. The monoisotopic (exact) mass is 236 g/mol. The van der Waals surface area contributed by atoms with Gasteiger partial charge >= 0.3 is 5.97 Å². The second-order valence-corrected chi connectivity index (χ2v) is 3.72. The van der Waals surface area contributed by atoms with Crippen LogP contribution in [0, 0.1) is 0 Å². The number of hydrogen-bond donors (Lipinski definition) is 2. The molecule has 0 unspecified atom stereocenters. The highest BCUT2D eigenvalue weighted by Crippen LogP contribution is 2.01. The molecule has 0 aliphatic rings. The van der Waals surface area contributed by atoms with E-state index in [0.717, 1.165) is 5.56 Å². The van der Waals surface area contributed by atoms with Gasteiger partial charge in [-0.25, -0.2) is 4.79 Å². The van der Waals surface area contributed by atoms with Crippen LogP contribution in [0.3, 0.4) is 0 Å². The Morgan fingerprint density at radius 3 is 2.59 bits per heavy atom. The number of nitrogens with one attached hydrogen (secondary N) is 1. The van der Waals surface area contributed by atoms with Gasteiger partial charge in [0, 0.05) is 18.8 Å². The van der Waals surface area contributed by atoms with Crippen molar-refractivity contribution in [2.75, 3.05) is 0 Å². The fourth-order valence-electron chi connectivity index (χ4n) is 1.41. The van der Waals surface area contributed by atoms with Gasteiger partial charge in [-0.05, 0) is 30.5 Å². The Balaban J connectivity index is 2.37. The van der Waals surface area contributed by atoms with Crippen LogP contribution in [0.5, 0.6) is 0 Å². The van der Waals surface area contributed by atoms with Crippen LogP contribution in [0.2, 0.25) is 0 Å². The normalized spacial score (nSPS) is 11.8. The Morgan fingerprint density at radius 1 is 1.41 bits per heavy atom. The van der Waals surface area contributed by atoms with E-state index in [-0.39, 0.29) is 12.3 Å². The summed E-state index contributed by atoms with van der Waals surface area (Å²) < 4.78 is 0. The molecule has 1 rings (SSSR count). The van der Waals surface area contributed by atoms with Gasteiger partial charge in [0.1, 0.15) is 6.04 Å². The molecular weight excluding hydrogens is 220 g/mol. The van der Waals surface area contributed by atoms with Gasteiger partial charge in [-0.1, -0.05) is 6.92 Å². The molecule has 0 spiro atoms. The Bertz CT molecular complexity index is 379. The van der Waals surface area contributed by atoms with Crippen LogP contribution in [-0.2, 0) is 16.0 Å². The number of carbonyl (C=O) groups is 2. The number of carbonyl (C=O) groups excluding carboxylic acids is 1. The predicted molar refractivity (Wildman–Crippen MR) is 62.4 cm³/mol. The van der Waals surface area contributed by atoms with Crippen LogP contribution in [0.25, 0.3) is 0 Å². The van der Waals surface area contributed by atoms with Gasteiger partial charge in [0.2, 0.25) is 5.91 Å². The molecule has 5 heteroatoms. The van der Waals surface area contributed by atoms with E-state index in [0.29, 0.717) is 12.8 Å². The van der Waals surface area contributed by atoms with E-state index in [1.165, 1.54) is 0 Å². The second-order valence-electron chi connectivity index (χ2n) is 3.72. The lowest BCUT2D eigenvalue weighted by Crippen LogP contribution is -2.40. The summed E-state index contributed by atoms with van der Waals surface area (Å²) in [6.45, 7) is 1.72. The summed E-state index contributed by atoms with van der Waals surface area (Å²) in [6, 6.07) is 2.88. The molecule has 0 saturated heterocycles. The molecule has 0 aliphatic carbocycles. The number of carboxylic acids is 1. The number of hydrogen-bond acceptors (Lipinski definition) is 3. The van der Waals surface area contributed by atoms with Crippen LogP contribution in [0.15, 0.2) is 24.5 Å². The minimum Gasteiger partial charge on any atom is -0.480 e. The molecule has 0 fully saturated rings. The SMILES string of the molecule is CC[C@H](NC(=O)CCc1ccncc1)C(=O)O. The number of pyridine rings is 1. The zero-order valence-electron chi connectivity index (χ0n) is 9.72. The predicted octanol–water partition coefficient (Wildman–Crippen LogP) is 0.994. The third-order valence-corrected chi connectivity index (χ3v) is 2.43. The van der Waals surface area contributed by atoms with Gasteiger partial charge in [0.15, 0.2) is 0 Å². The summed E-state index contributed by atoms with van der Waals surface area (Å²) in [6.07, 6.45) is 4.59. The summed E-state index contributed by atoms with van der Waals surface area (Å²) in [5.74, 6) is -1.24. The average molecular weight is 236 g/mol. The lowest BCUT2D eigenvalue weighted by atomic mass is 10.1. The number of rotatable bonds is 6. The average Bonchev–Trinajstić information content (AvgIpc) is 2.34. The Kier molecular flexibility index (Phi) is 5.13. The first-order chi connectivity index (χ1) is 8.13. The van der Waals surface area contributed by atoms with E-state index in [1.807, 2.05) is 12.1 Å². The molecule has 1 amide bonds. The minimum atomic E-state index is -0.996. The molecule has 0 radical (unpaired) electrons. The smallest absolute Gasteiger partial charge is 0.326 e. The molecule has 92 valence electrons. The van der Waals surface area contributed by atoms with Gasteiger partial charge in [0.05, 0.1) is 0 Å². The van der Waals surface area contributed by atoms with Crippen LogP contribution >= 0.6 is 0 Å². The van der Waals surface area contributed by atoms with Gasteiger partial charge in [-0.15, -0.1) is 0 Å². The lowest BCUT2D eigenvalue weighted by molar-refractivity contribution is -0.141. The van der Waals surface area contributed by atoms with E-state index >= 15 is 0 Å². The number of nitrogens with zero attached hydrogens (tertiary/aromatic N) is 1. The summed E-state index contributed by atoms with van der Waals surface area (Å²) in [4.78, 5) is 26.1. The van der Waals surface area contributed by atoms with Crippen molar-refractivity contribution in [2.24, 2.45) is 0 Å². The number of aromatic nitrogens is 1. The Hall–Kier alpha value is -1.91. The first-order valence-corrected chi connectivity index (χ1v) is 5.54. The number of aryl methyl sites for hydroxylation is 1. The first-order valence-electron chi connectivity index (χ1n) is 5.54. The summed E-state index contributed by atoms with van der Waals surface area (Å²) in [7, 11) is 0. The Labute approximate surface area is 99.9 Å². The van der Waals surface area contributed by atoms with Crippen LogP contribution in [-0.4, -0.2) is 28.0 Å². The third kappa shape index (κ3) is 4.63. The number of aliphatic carboxylic acids is 1. The van der Waals surface area contributed by atoms with Gasteiger partial charge in [-0.2, -0.15) is 0 Å². The largest absolute Gasteiger partial charge is 0.480 e. The molecule has 1 atom stereocenters. The molecule has 0 saturated carbocycles. The Morgan fingerprint density at radius 2 is 2.06 bits per heavy atom. The molecule has 1 heterocycles. The number of carboxylic acid groups (broad SMARTS) is 1. The molecule has 5 nitrogen and oxygen atoms in total. The van der Waals surface area contributed by atoms with E-state index in [2.05, 4.69) is 10.3 Å². The zero-order valence-corrected chi connectivity index (χ0v) is 9.72. The van der Waals surface area contributed by atoms with Crippen LogP contribution in [0.1, 0.15) is 25.3 Å². The van der Waals surface area contributed by atoms with Crippen molar-refractivity contribution in [3.05, 3.63) is 30.1 Å². The maximum atomic E-state index is 11.5. The fourth-order valence-corrected chi connectivity index (χ4v) is 1.41. The van der Waals surface area contributed by atoms with E-state index in [9.17, 15) is 9.59 Å². The topological polar surface area (TPSA) is 79.3 Å². The van der Waals surface area contributed by atoms with E-state index in [1.54, 1.807) is 19.3 Å². The third-order valence-electron chi connectivity index (χ3n) is 2.43. The van der Waals surface area contributed by atoms with Crippen molar-refractivity contribution in [2.45, 2.75) is 32.2 Å². The molecule has 0 bridgehead atoms. The van der Waals surface area contributed by atoms with E-state index < -0.39 is 12.0 Å². The zero-order chi connectivity index (χ0) is 12.7. The fraction of sp³-hybridized carbons (Fsp3) is 0.417. The molecule has 1 aromatic heterocycles. The van der Waals surface area contributed by atoms with Gasteiger partial charge in [-0.3, -0.25) is 9.78 Å². The molecular formula is C12H16N2O3. The number of amides is 1. The van der Waals surface area contributed by atoms with Crippen molar-refractivity contribution >= 4 is 11.9 Å². The molecule has 17 heavy (non-hydrogen) atoms. The minimum absolute atomic E-state index is 0.240. The molecule has 1 aromatic rings. The maximum absolute atomic E-state index is 11.5. The second kappa shape index (κ2) is 6.62. The highest BCUT2D eigenvalue weighted by molar-refractivity contribution is 5.83. The molecule has 0 aromatic carbocycles. The van der Waals surface area contributed by atoms with Gasteiger partial charge < -0.3 is 10.4 Å². The molecule has 0 aliphatic heterocycles. The highest BCUT2D eigenvalue weighted by atomic mass is 16.4. The van der Waals surface area contributed by atoms with Crippen molar-refractivity contribution < 1.29 is 14.7 Å². The summed E-state index contributed by atoms with van der Waals surface area (Å²) in [5, 5.41) is 11.3. The summed E-state index contributed by atoms with van der Waals surface area (Å²) >= 11 is 0. The maximum Gasteiger partial charge on any atom is 0.326 e. The van der Waals surface area contributed by atoms with Crippen molar-refractivity contribution in [1.82, 2.24) is 10.3 Å². The van der Waals surface area contributed by atoms with Crippen LogP contribution in [0.4, 0.5) is 0 Å². The van der Waals surface area contributed by atoms with Crippen molar-refractivity contribution in [1.29, 1.82) is 0 Å². The highest BCUT2D eigenvalue weighted by Gasteiger charge is 2.16.